The van der Waals surface area contributed by atoms with E-state index in [1.807, 2.05) is 0 Å². The first kappa shape index (κ1) is 15.3. The van der Waals surface area contributed by atoms with Gasteiger partial charge in [0, 0.05) is 6.54 Å². The van der Waals surface area contributed by atoms with E-state index in [0.717, 1.165) is 19.3 Å². The van der Waals surface area contributed by atoms with Crippen LogP contribution >= 0.6 is 34.8 Å². The molecule has 1 N–H and O–H groups in total. The number of carbonyl (C=O) groups is 1. The van der Waals surface area contributed by atoms with Gasteiger partial charge in [0.2, 0.25) is 0 Å². The van der Waals surface area contributed by atoms with Crippen molar-refractivity contribution >= 4 is 40.7 Å². The Morgan fingerprint density at radius 1 is 1.33 bits per heavy atom. The summed E-state index contributed by atoms with van der Waals surface area (Å²) >= 11 is 16.3. The number of halogens is 3. The Hall–Kier alpha value is 0.340. The summed E-state index contributed by atoms with van der Waals surface area (Å²) in [6.07, 6.45) is 4.46. The third-order valence-corrected chi connectivity index (χ3v) is 2.87. The molecule has 1 atom stereocenters. The van der Waals surface area contributed by atoms with Crippen molar-refractivity contribution in [2.45, 2.75) is 43.3 Å². The van der Waals surface area contributed by atoms with Gasteiger partial charge in [0.15, 0.2) is 0 Å². The van der Waals surface area contributed by atoms with Crippen LogP contribution in [0.2, 0.25) is 0 Å². The van der Waals surface area contributed by atoms with Crippen LogP contribution in [0, 0.1) is 5.92 Å². The van der Waals surface area contributed by atoms with Crippen LogP contribution in [0.25, 0.3) is 0 Å². The predicted octanol–water partition coefficient (Wildman–Crippen LogP) is 3.69. The van der Waals surface area contributed by atoms with Gasteiger partial charge in [0.1, 0.15) is 0 Å². The molecule has 0 fully saturated rings. The summed E-state index contributed by atoms with van der Waals surface area (Å²) in [6, 6.07) is 0. The van der Waals surface area contributed by atoms with Crippen LogP contribution in [0.4, 0.5) is 0 Å². The zero-order chi connectivity index (χ0) is 11.9. The standard InChI is InChI=1S/C10H18Cl3NO/c1-3-5-6-8(4-2)7-14-9(15)10(11,12)13/h8H,3-7H2,1-2H3,(H,14,15). The molecule has 0 saturated heterocycles. The lowest BCUT2D eigenvalue weighted by molar-refractivity contribution is -0.120. The second-order valence-corrected chi connectivity index (χ2v) is 5.91. The van der Waals surface area contributed by atoms with Crippen molar-refractivity contribution in [3.63, 3.8) is 0 Å². The normalized spacial score (nSPS) is 13.7. The fourth-order valence-electron chi connectivity index (χ4n) is 1.28. The molecule has 1 unspecified atom stereocenters. The van der Waals surface area contributed by atoms with Crippen molar-refractivity contribution in [1.82, 2.24) is 5.32 Å². The highest BCUT2D eigenvalue weighted by molar-refractivity contribution is 6.76. The average molecular weight is 275 g/mol. The van der Waals surface area contributed by atoms with Crippen molar-refractivity contribution in [3.8, 4) is 0 Å². The van der Waals surface area contributed by atoms with E-state index in [2.05, 4.69) is 19.2 Å². The summed E-state index contributed by atoms with van der Waals surface area (Å²) < 4.78 is -1.84. The van der Waals surface area contributed by atoms with Gasteiger partial charge in [0.25, 0.3) is 9.70 Å². The molecule has 0 rings (SSSR count). The maximum Gasteiger partial charge on any atom is 0.272 e. The minimum absolute atomic E-state index is 0.473. The monoisotopic (exact) mass is 273 g/mol. The molecule has 0 aliphatic rings. The van der Waals surface area contributed by atoms with Gasteiger partial charge in [-0.25, -0.2) is 0 Å². The predicted molar refractivity (Wildman–Crippen MR) is 66.6 cm³/mol. The van der Waals surface area contributed by atoms with Crippen LogP contribution in [-0.4, -0.2) is 16.2 Å². The largest absolute Gasteiger partial charge is 0.352 e. The van der Waals surface area contributed by atoms with Gasteiger partial charge in [-0.15, -0.1) is 0 Å². The number of alkyl halides is 3. The van der Waals surface area contributed by atoms with Crippen LogP contribution in [0.3, 0.4) is 0 Å². The number of hydrogen-bond donors (Lipinski definition) is 1. The Bertz CT molecular complexity index is 192. The summed E-state index contributed by atoms with van der Waals surface area (Å²) in [6.45, 7) is 4.83. The first-order chi connectivity index (χ1) is 6.91. The molecule has 0 heterocycles. The maximum absolute atomic E-state index is 11.3. The molecule has 0 saturated carbocycles. The van der Waals surface area contributed by atoms with E-state index < -0.39 is 9.70 Å². The average Bonchev–Trinajstić information content (AvgIpc) is 2.16. The minimum Gasteiger partial charge on any atom is -0.352 e. The molecule has 2 nitrogen and oxygen atoms in total. The molecular formula is C10H18Cl3NO. The molecule has 5 heteroatoms. The number of carbonyl (C=O) groups excluding carboxylic acids is 1. The van der Waals surface area contributed by atoms with Gasteiger partial charge in [-0.1, -0.05) is 67.9 Å². The van der Waals surface area contributed by atoms with Crippen LogP contribution in [0.5, 0.6) is 0 Å². The summed E-state index contributed by atoms with van der Waals surface area (Å²) in [5.74, 6) is -0.0660. The first-order valence-corrected chi connectivity index (χ1v) is 6.40. The van der Waals surface area contributed by atoms with Gasteiger partial charge >= 0.3 is 0 Å². The van der Waals surface area contributed by atoms with Gasteiger partial charge in [0.05, 0.1) is 0 Å². The van der Waals surface area contributed by atoms with Crippen molar-refractivity contribution in [1.29, 1.82) is 0 Å². The molecule has 15 heavy (non-hydrogen) atoms. The highest BCUT2D eigenvalue weighted by Crippen LogP contribution is 2.26. The summed E-state index contributed by atoms with van der Waals surface area (Å²) in [5.41, 5.74) is 0. The second kappa shape index (κ2) is 7.59. The van der Waals surface area contributed by atoms with Crippen molar-refractivity contribution < 1.29 is 4.79 Å². The SMILES string of the molecule is CCCCC(CC)CNC(=O)C(Cl)(Cl)Cl. The van der Waals surface area contributed by atoms with Crippen molar-refractivity contribution in [2.24, 2.45) is 5.92 Å². The Kier molecular flexibility index (Phi) is 7.76. The molecule has 0 aliphatic heterocycles. The molecule has 1 amide bonds. The summed E-state index contributed by atoms with van der Waals surface area (Å²) in [4.78, 5) is 11.3. The molecule has 0 spiro atoms. The lowest BCUT2D eigenvalue weighted by Crippen LogP contribution is -2.37. The van der Waals surface area contributed by atoms with E-state index in [9.17, 15) is 4.79 Å². The Balaban J connectivity index is 3.85. The van der Waals surface area contributed by atoms with Crippen LogP contribution in [0.1, 0.15) is 39.5 Å². The fourth-order valence-corrected chi connectivity index (χ4v) is 1.48. The van der Waals surface area contributed by atoms with Crippen LogP contribution in [0.15, 0.2) is 0 Å². The fraction of sp³-hybridized carbons (Fsp3) is 0.900. The lowest BCUT2D eigenvalue weighted by Gasteiger charge is -2.17. The van der Waals surface area contributed by atoms with Gasteiger partial charge < -0.3 is 5.32 Å². The van der Waals surface area contributed by atoms with Crippen molar-refractivity contribution in [2.75, 3.05) is 6.54 Å². The quantitative estimate of drug-likeness (QED) is 0.735. The maximum atomic E-state index is 11.3. The zero-order valence-corrected chi connectivity index (χ0v) is 11.4. The second-order valence-electron chi connectivity index (χ2n) is 3.62. The molecule has 0 radical (unpaired) electrons. The molecular weight excluding hydrogens is 256 g/mol. The van der Waals surface area contributed by atoms with E-state index in [1.165, 1.54) is 6.42 Å². The van der Waals surface area contributed by atoms with E-state index >= 15 is 0 Å². The zero-order valence-electron chi connectivity index (χ0n) is 9.16. The van der Waals surface area contributed by atoms with Gasteiger partial charge in [-0.05, 0) is 12.3 Å². The minimum atomic E-state index is -1.84. The van der Waals surface area contributed by atoms with Crippen LogP contribution in [-0.2, 0) is 4.79 Å². The van der Waals surface area contributed by atoms with E-state index in [-0.39, 0.29) is 0 Å². The van der Waals surface area contributed by atoms with Gasteiger partial charge in [-0.2, -0.15) is 0 Å². The van der Waals surface area contributed by atoms with Crippen molar-refractivity contribution in [3.05, 3.63) is 0 Å². The number of rotatable bonds is 6. The Morgan fingerprint density at radius 3 is 2.33 bits per heavy atom. The molecule has 0 aromatic heterocycles. The lowest BCUT2D eigenvalue weighted by atomic mass is 9.99. The number of amides is 1. The Labute approximate surface area is 107 Å². The van der Waals surface area contributed by atoms with Crippen LogP contribution < -0.4 is 5.32 Å². The third-order valence-electron chi connectivity index (χ3n) is 2.35. The van der Waals surface area contributed by atoms with E-state index in [4.69, 9.17) is 34.8 Å². The molecule has 0 aromatic rings. The van der Waals surface area contributed by atoms with E-state index in [1.54, 1.807) is 0 Å². The molecule has 0 bridgehead atoms. The summed E-state index contributed by atoms with van der Waals surface area (Å²) in [5, 5.41) is 2.65. The molecule has 0 aliphatic carbocycles. The topological polar surface area (TPSA) is 29.1 Å². The number of unbranched alkanes of at least 4 members (excludes halogenated alkanes) is 1. The first-order valence-electron chi connectivity index (χ1n) is 5.26. The van der Waals surface area contributed by atoms with E-state index in [0.29, 0.717) is 12.5 Å². The third kappa shape index (κ3) is 7.26. The smallest absolute Gasteiger partial charge is 0.272 e. The molecule has 0 aromatic carbocycles. The highest BCUT2D eigenvalue weighted by atomic mass is 35.6. The highest BCUT2D eigenvalue weighted by Gasteiger charge is 2.30. The number of hydrogen-bond acceptors (Lipinski definition) is 1. The summed E-state index contributed by atoms with van der Waals surface area (Å²) in [7, 11) is 0. The Morgan fingerprint density at radius 2 is 1.93 bits per heavy atom. The number of nitrogens with one attached hydrogen (secondary N) is 1. The molecule has 90 valence electrons. The van der Waals surface area contributed by atoms with Gasteiger partial charge in [-0.3, -0.25) is 4.79 Å².